The highest BCUT2D eigenvalue weighted by Crippen LogP contribution is 2.36. The van der Waals surface area contributed by atoms with Crippen LogP contribution < -0.4 is 5.32 Å². The largest absolute Gasteiger partial charge is 0.390 e. The minimum Gasteiger partial charge on any atom is -0.390 e. The van der Waals surface area contributed by atoms with Gasteiger partial charge in [-0.05, 0) is 18.9 Å². The second-order valence-electron chi connectivity index (χ2n) is 3.32. The maximum Gasteiger partial charge on any atom is 0.127 e. The SMILES string of the molecule is O[C@H]1[C@H]2CNC[C@H]2C[C@H]1F. The molecule has 2 N–H and O–H groups in total. The van der Waals surface area contributed by atoms with Crippen molar-refractivity contribution in [1.82, 2.24) is 5.32 Å². The molecule has 2 fully saturated rings. The van der Waals surface area contributed by atoms with Crippen molar-refractivity contribution in [3.05, 3.63) is 0 Å². The summed E-state index contributed by atoms with van der Waals surface area (Å²) in [5.74, 6) is 0.583. The zero-order valence-electron chi connectivity index (χ0n) is 5.76. The molecule has 3 heteroatoms. The Morgan fingerprint density at radius 1 is 1.40 bits per heavy atom. The number of hydrogen-bond donors (Lipinski definition) is 2. The minimum atomic E-state index is -0.961. The Bertz CT molecular complexity index is 140. The van der Waals surface area contributed by atoms with E-state index in [1.807, 2.05) is 0 Å². The molecule has 0 radical (unpaired) electrons. The first-order valence-electron chi connectivity index (χ1n) is 3.82. The van der Waals surface area contributed by atoms with Gasteiger partial charge in [0.05, 0.1) is 6.10 Å². The maximum atomic E-state index is 12.8. The van der Waals surface area contributed by atoms with Crippen molar-refractivity contribution in [2.75, 3.05) is 13.1 Å². The van der Waals surface area contributed by atoms with Crippen LogP contribution in [0, 0.1) is 11.8 Å². The molecule has 0 bridgehead atoms. The van der Waals surface area contributed by atoms with Gasteiger partial charge >= 0.3 is 0 Å². The summed E-state index contributed by atoms with van der Waals surface area (Å²) in [7, 11) is 0. The molecule has 0 spiro atoms. The summed E-state index contributed by atoms with van der Waals surface area (Å²) in [5, 5.41) is 12.4. The molecule has 0 aromatic carbocycles. The highest BCUT2D eigenvalue weighted by molar-refractivity contribution is 4.96. The number of alkyl halides is 1. The van der Waals surface area contributed by atoms with Crippen molar-refractivity contribution in [2.45, 2.75) is 18.7 Å². The number of rotatable bonds is 0. The molecule has 1 saturated heterocycles. The van der Waals surface area contributed by atoms with E-state index in [9.17, 15) is 9.50 Å². The highest BCUT2D eigenvalue weighted by Gasteiger charge is 2.44. The van der Waals surface area contributed by atoms with Crippen LogP contribution in [0.15, 0.2) is 0 Å². The van der Waals surface area contributed by atoms with Crippen molar-refractivity contribution in [3.63, 3.8) is 0 Å². The first-order valence-corrected chi connectivity index (χ1v) is 3.82. The third kappa shape index (κ3) is 0.772. The molecular formula is C7H12FNO. The molecule has 4 atom stereocenters. The summed E-state index contributed by atoms with van der Waals surface area (Å²) in [4.78, 5) is 0. The van der Waals surface area contributed by atoms with Gasteiger partial charge in [-0.3, -0.25) is 0 Å². The van der Waals surface area contributed by atoms with E-state index >= 15 is 0 Å². The number of hydrogen-bond acceptors (Lipinski definition) is 2. The van der Waals surface area contributed by atoms with Gasteiger partial charge in [0.25, 0.3) is 0 Å². The van der Waals surface area contributed by atoms with Crippen molar-refractivity contribution in [3.8, 4) is 0 Å². The van der Waals surface area contributed by atoms with Crippen LogP contribution in [0.25, 0.3) is 0 Å². The predicted octanol–water partition coefficient (Wildman–Crippen LogP) is -0.0753. The van der Waals surface area contributed by atoms with Gasteiger partial charge in [-0.2, -0.15) is 0 Å². The molecule has 1 aliphatic carbocycles. The quantitative estimate of drug-likeness (QED) is 0.500. The first-order chi connectivity index (χ1) is 4.79. The monoisotopic (exact) mass is 145 g/mol. The van der Waals surface area contributed by atoms with Gasteiger partial charge in [-0.1, -0.05) is 0 Å². The molecule has 2 rings (SSSR count). The third-order valence-electron chi connectivity index (χ3n) is 2.73. The highest BCUT2D eigenvalue weighted by atomic mass is 19.1. The number of halogens is 1. The van der Waals surface area contributed by atoms with E-state index in [4.69, 9.17) is 0 Å². The Labute approximate surface area is 59.4 Å². The summed E-state index contributed by atoms with van der Waals surface area (Å²) in [5.41, 5.74) is 0. The van der Waals surface area contributed by atoms with Crippen molar-refractivity contribution >= 4 is 0 Å². The molecule has 1 heterocycles. The molecule has 58 valence electrons. The van der Waals surface area contributed by atoms with Crippen LogP contribution in [-0.2, 0) is 0 Å². The van der Waals surface area contributed by atoms with Gasteiger partial charge in [-0.15, -0.1) is 0 Å². The lowest BCUT2D eigenvalue weighted by Gasteiger charge is -2.11. The normalized spacial score (nSPS) is 53.4. The van der Waals surface area contributed by atoms with Gasteiger partial charge in [0, 0.05) is 12.5 Å². The molecule has 10 heavy (non-hydrogen) atoms. The molecule has 2 nitrogen and oxygen atoms in total. The average molecular weight is 145 g/mol. The van der Waals surface area contributed by atoms with E-state index in [0.717, 1.165) is 13.1 Å². The molecule has 1 aliphatic heterocycles. The van der Waals surface area contributed by atoms with Crippen LogP contribution in [0.5, 0.6) is 0 Å². The van der Waals surface area contributed by atoms with Crippen molar-refractivity contribution < 1.29 is 9.50 Å². The van der Waals surface area contributed by atoms with Crippen LogP contribution in [0.2, 0.25) is 0 Å². The molecule has 0 unspecified atom stereocenters. The second kappa shape index (κ2) is 2.17. The van der Waals surface area contributed by atoms with Crippen LogP contribution in [-0.4, -0.2) is 30.5 Å². The fourth-order valence-corrected chi connectivity index (χ4v) is 2.11. The van der Waals surface area contributed by atoms with Gasteiger partial charge in [0.15, 0.2) is 0 Å². The average Bonchev–Trinajstić information content (AvgIpc) is 2.41. The Morgan fingerprint density at radius 3 is 2.90 bits per heavy atom. The lowest BCUT2D eigenvalue weighted by atomic mass is 10.00. The zero-order valence-corrected chi connectivity index (χ0v) is 5.76. The topological polar surface area (TPSA) is 32.3 Å². The van der Waals surface area contributed by atoms with Gasteiger partial charge in [-0.25, -0.2) is 4.39 Å². The van der Waals surface area contributed by atoms with Crippen LogP contribution in [0.3, 0.4) is 0 Å². The van der Waals surface area contributed by atoms with Crippen molar-refractivity contribution in [2.24, 2.45) is 11.8 Å². The van der Waals surface area contributed by atoms with Crippen LogP contribution in [0.1, 0.15) is 6.42 Å². The second-order valence-corrected chi connectivity index (χ2v) is 3.32. The predicted molar refractivity (Wildman–Crippen MR) is 35.4 cm³/mol. The summed E-state index contributed by atoms with van der Waals surface area (Å²) in [6, 6.07) is 0. The summed E-state index contributed by atoms with van der Waals surface area (Å²) >= 11 is 0. The fourth-order valence-electron chi connectivity index (χ4n) is 2.11. The number of fused-ring (bicyclic) bond motifs is 1. The van der Waals surface area contributed by atoms with E-state index < -0.39 is 12.3 Å². The number of nitrogens with one attached hydrogen (secondary N) is 1. The van der Waals surface area contributed by atoms with Crippen LogP contribution in [0.4, 0.5) is 4.39 Å². The number of aliphatic hydroxyl groups is 1. The Balaban J connectivity index is 2.09. The van der Waals surface area contributed by atoms with Crippen LogP contribution >= 0.6 is 0 Å². The smallest absolute Gasteiger partial charge is 0.127 e. The molecule has 1 saturated carbocycles. The molecule has 0 aromatic heterocycles. The van der Waals surface area contributed by atoms with Gasteiger partial charge < -0.3 is 10.4 Å². The third-order valence-corrected chi connectivity index (χ3v) is 2.73. The van der Waals surface area contributed by atoms with E-state index in [-0.39, 0.29) is 5.92 Å². The number of aliphatic hydroxyl groups excluding tert-OH is 1. The summed E-state index contributed by atoms with van der Waals surface area (Å²) < 4.78 is 12.8. The molecule has 2 aliphatic rings. The molecule has 0 aromatic rings. The van der Waals surface area contributed by atoms with Gasteiger partial charge in [0.1, 0.15) is 6.17 Å². The Kier molecular flexibility index (Phi) is 1.42. The van der Waals surface area contributed by atoms with E-state index in [0.29, 0.717) is 12.3 Å². The van der Waals surface area contributed by atoms with E-state index in [1.165, 1.54) is 0 Å². The Morgan fingerprint density at radius 2 is 2.20 bits per heavy atom. The first kappa shape index (κ1) is 6.55. The minimum absolute atomic E-state index is 0.190. The Hall–Kier alpha value is -0.150. The van der Waals surface area contributed by atoms with Gasteiger partial charge in [0.2, 0.25) is 0 Å². The van der Waals surface area contributed by atoms with E-state index in [1.54, 1.807) is 0 Å². The molecular weight excluding hydrogens is 133 g/mol. The molecule has 0 amide bonds. The van der Waals surface area contributed by atoms with E-state index in [2.05, 4.69) is 5.32 Å². The zero-order chi connectivity index (χ0) is 7.14. The summed E-state index contributed by atoms with van der Waals surface area (Å²) in [6.45, 7) is 1.69. The van der Waals surface area contributed by atoms with Crippen molar-refractivity contribution in [1.29, 1.82) is 0 Å². The lowest BCUT2D eigenvalue weighted by Crippen LogP contribution is -2.26. The lowest BCUT2D eigenvalue weighted by molar-refractivity contribution is 0.0709. The fraction of sp³-hybridized carbons (Fsp3) is 1.00. The maximum absolute atomic E-state index is 12.8. The summed E-state index contributed by atoms with van der Waals surface area (Å²) in [6.07, 6.45) is -1.10. The standard InChI is InChI=1S/C7H12FNO/c8-6-1-4-2-9-3-5(4)7(6)10/h4-7,9-10H,1-3H2/t4-,5+,6-,7+/m1/s1.